The molecule has 1 rings (SSSR count). The Labute approximate surface area is 77.2 Å². The van der Waals surface area contributed by atoms with Crippen molar-refractivity contribution in [3.05, 3.63) is 27.4 Å². The SMILES string of the molecule is CCc1c(C)nc(CCN)[nH]c1=O. The number of aromatic nitrogens is 2. The molecule has 0 amide bonds. The monoisotopic (exact) mass is 181 g/mol. The van der Waals surface area contributed by atoms with Crippen LogP contribution in [0.15, 0.2) is 4.79 Å². The molecule has 0 atom stereocenters. The van der Waals surface area contributed by atoms with Gasteiger partial charge in [-0.15, -0.1) is 0 Å². The van der Waals surface area contributed by atoms with Crippen LogP contribution in [0.1, 0.15) is 24.0 Å². The van der Waals surface area contributed by atoms with E-state index in [0.717, 1.165) is 17.7 Å². The molecule has 1 aromatic rings. The Hall–Kier alpha value is -1.16. The molecule has 0 unspecified atom stereocenters. The summed E-state index contributed by atoms with van der Waals surface area (Å²) in [4.78, 5) is 18.4. The summed E-state index contributed by atoms with van der Waals surface area (Å²) in [6, 6.07) is 0. The van der Waals surface area contributed by atoms with E-state index in [9.17, 15) is 4.79 Å². The number of hydrogen-bond donors (Lipinski definition) is 2. The van der Waals surface area contributed by atoms with Gasteiger partial charge in [-0.2, -0.15) is 0 Å². The first-order valence-electron chi connectivity index (χ1n) is 4.47. The number of nitrogens with one attached hydrogen (secondary N) is 1. The minimum absolute atomic E-state index is 0.0292. The molecule has 4 heteroatoms. The van der Waals surface area contributed by atoms with Gasteiger partial charge in [-0.05, 0) is 19.9 Å². The number of aromatic amines is 1. The molecule has 4 nitrogen and oxygen atoms in total. The summed E-state index contributed by atoms with van der Waals surface area (Å²) >= 11 is 0. The van der Waals surface area contributed by atoms with Crippen molar-refractivity contribution in [3.8, 4) is 0 Å². The minimum Gasteiger partial charge on any atom is -0.330 e. The second-order valence-electron chi connectivity index (χ2n) is 2.97. The van der Waals surface area contributed by atoms with E-state index in [1.807, 2.05) is 13.8 Å². The molecule has 0 spiro atoms. The maximum Gasteiger partial charge on any atom is 0.254 e. The van der Waals surface area contributed by atoms with Gasteiger partial charge in [0, 0.05) is 17.7 Å². The van der Waals surface area contributed by atoms with Crippen LogP contribution < -0.4 is 11.3 Å². The van der Waals surface area contributed by atoms with Crippen LogP contribution in [-0.4, -0.2) is 16.5 Å². The lowest BCUT2D eigenvalue weighted by Crippen LogP contribution is -2.20. The zero-order valence-corrected chi connectivity index (χ0v) is 8.05. The highest BCUT2D eigenvalue weighted by atomic mass is 16.1. The Balaban J connectivity index is 3.13. The van der Waals surface area contributed by atoms with Gasteiger partial charge in [0.2, 0.25) is 0 Å². The van der Waals surface area contributed by atoms with Gasteiger partial charge in [0.1, 0.15) is 5.82 Å². The van der Waals surface area contributed by atoms with E-state index in [0.29, 0.717) is 18.8 Å². The second-order valence-corrected chi connectivity index (χ2v) is 2.97. The van der Waals surface area contributed by atoms with Crippen molar-refractivity contribution in [2.24, 2.45) is 5.73 Å². The lowest BCUT2D eigenvalue weighted by atomic mass is 10.2. The first kappa shape index (κ1) is 9.92. The molecule has 0 bridgehead atoms. The van der Waals surface area contributed by atoms with Gasteiger partial charge in [0.25, 0.3) is 5.56 Å². The highest BCUT2D eigenvalue weighted by Crippen LogP contribution is 1.99. The summed E-state index contributed by atoms with van der Waals surface area (Å²) in [5, 5.41) is 0. The van der Waals surface area contributed by atoms with Gasteiger partial charge in [-0.1, -0.05) is 6.92 Å². The standard InChI is InChI=1S/C9H15N3O/c1-3-7-6(2)11-8(4-5-10)12-9(7)13/h3-5,10H2,1-2H3,(H,11,12,13). The molecule has 3 N–H and O–H groups in total. The fourth-order valence-corrected chi connectivity index (χ4v) is 1.34. The lowest BCUT2D eigenvalue weighted by Gasteiger charge is -2.03. The van der Waals surface area contributed by atoms with Crippen molar-refractivity contribution in [3.63, 3.8) is 0 Å². The van der Waals surface area contributed by atoms with Gasteiger partial charge in [-0.3, -0.25) is 4.79 Å². The van der Waals surface area contributed by atoms with Gasteiger partial charge in [-0.25, -0.2) is 4.98 Å². The summed E-state index contributed by atoms with van der Waals surface area (Å²) in [6.45, 7) is 4.31. The Morgan fingerprint density at radius 2 is 2.23 bits per heavy atom. The van der Waals surface area contributed by atoms with Gasteiger partial charge in [0.15, 0.2) is 0 Å². The van der Waals surface area contributed by atoms with Crippen molar-refractivity contribution in [2.75, 3.05) is 6.54 Å². The second kappa shape index (κ2) is 4.18. The van der Waals surface area contributed by atoms with Gasteiger partial charge >= 0.3 is 0 Å². The summed E-state index contributed by atoms with van der Waals surface area (Å²) in [5.41, 5.74) is 6.92. The maximum absolute atomic E-state index is 11.4. The molecule has 0 aromatic carbocycles. The molecular weight excluding hydrogens is 166 g/mol. The van der Waals surface area contributed by atoms with E-state index in [4.69, 9.17) is 5.73 Å². The van der Waals surface area contributed by atoms with Gasteiger partial charge < -0.3 is 10.7 Å². The molecule has 0 saturated carbocycles. The van der Waals surface area contributed by atoms with E-state index < -0.39 is 0 Å². The maximum atomic E-state index is 11.4. The molecule has 0 aliphatic rings. The Bertz CT molecular complexity index is 343. The first-order valence-corrected chi connectivity index (χ1v) is 4.47. The highest BCUT2D eigenvalue weighted by Gasteiger charge is 2.04. The molecule has 0 radical (unpaired) electrons. The summed E-state index contributed by atoms with van der Waals surface area (Å²) in [6.07, 6.45) is 1.34. The predicted molar refractivity (Wildman–Crippen MR) is 51.7 cm³/mol. The van der Waals surface area contributed by atoms with Crippen molar-refractivity contribution in [2.45, 2.75) is 26.7 Å². The van der Waals surface area contributed by atoms with Crippen LogP contribution in [0, 0.1) is 6.92 Å². The number of nitrogens with zero attached hydrogens (tertiary/aromatic N) is 1. The third kappa shape index (κ3) is 2.15. The van der Waals surface area contributed by atoms with Crippen molar-refractivity contribution >= 4 is 0 Å². The predicted octanol–water partition coefficient (Wildman–Crippen LogP) is 0.142. The molecular formula is C9H15N3O. The van der Waals surface area contributed by atoms with E-state index >= 15 is 0 Å². The number of nitrogens with two attached hydrogens (primary N) is 1. The van der Waals surface area contributed by atoms with Gasteiger partial charge in [0.05, 0.1) is 0 Å². The van der Waals surface area contributed by atoms with Crippen LogP contribution in [0.2, 0.25) is 0 Å². The van der Waals surface area contributed by atoms with Crippen LogP contribution in [0.25, 0.3) is 0 Å². The number of aryl methyl sites for hydroxylation is 1. The van der Waals surface area contributed by atoms with Crippen LogP contribution >= 0.6 is 0 Å². The number of hydrogen-bond acceptors (Lipinski definition) is 3. The van der Waals surface area contributed by atoms with Crippen LogP contribution in [0.3, 0.4) is 0 Å². The van der Waals surface area contributed by atoms with Crippen LogP contribution in [0.5, 0.6) is 0 Å². The molecule has 0 aliphatic carbocycles. The molecule has 1 aromatic heterocycles. The minimum atomic E-state index is -0.0292. The van der Waals surface area contributed by atoms with E-state index in [2.05, 4.69) is 9.97 Å². The van der Waals surface area contributed by atoms with Crippen LogP contribution in [0.4, 0.5) is 0 Å². The molecule has 0 fully saturated rings. The smallest absolute Gasteiger partial charge is 0.254 e. The van der Waals surface area contributed by atoms with E-state index in [1.54, 1.807) is 0 Å². The zero-order chi connectivity index (χ0) is 9.84. The molecule has 72 valence electrons. The van der Waals surface area contributed by atoms with Crippen molar-refractivity contribution in [1.82, 2.24) is 9.97 Å². The quantitative estimate of drug-likeness (QED) is 0.696. The number of H-pyrrole nitrogens is 1. The lowest BCUT2D eigenvalue weighted by molar-refractivity contribution is 0.824. The Kier molecular flexibility index (Phi) is 3.19. The normalized spacial score (nSPS) is 10.4. The third-order valence-electron chi connectivity index (χ3n) is 2.01. The highest BCUT2D eigenvalue weighted by molar-refractivity contribution is 5.16. The molecule has 0 saturated heterocycles. The Morgan fingerprint density at radius 1 is 1.54 bits per heavy atom. The summed E-state index contributed by atoms with van der Waals surface area (Å²) < 4.78 is 0. The average Bonchev–Trinajstić information content (AvgIpc) is 2.04. The zero-order valence-electron chi connectivity index (χ0n) is 8.05. The topological polar surface area (TPSA) is 71.8 Å². The third-order valence-corrected chi connectivity index (χ3v) is 2.01. The summed E-state index contributed by atoms with van der Waals surface area (Å²) in [7, 11) is 0. The fraction of sp³-hybridized carbons (Fsp3) is 0.556. The molecule has 13 heavy (non-hydrogen) atoms. The molecule has 0 aliphatic heterocycles. The van der Waals surface area contributed by atoms with Crippen molar-refractivity contribution in [1.29, 1.82) is 0 Å². The number of rotatable bonds is 3. The van der Waals surface area contributed by atoms with Crippen LogP contribution in [-0.2, 0) is 12.8 Å². The Morgan fingerprint density at radius 3 is 2.69 bits per heavy atom. The first-order chi connectivity index (χ1) is 6.19. The molecule has 1 heterocycles. The fourth-order valence-electron chi connectivity index (χ4n) is 1.34. The van der Waals surface area contributed by atoms with E-state index in [-0.39, 0.29) is 5.56 Å². The van der Waals surface area contributed by atoms with Crippen molar-refractivity contribution < 1.29 is 0 Å². The summed E-state index contributed by atoms with van der Waals surface area (Å²) in [5.74, 6) is 0.683. The average molecular weight is 181 g/mol. The van der Waals surface area contributed by atoms with E-state index in [1.165, 1.54) is 0 Å². The largest absolute Gasteiger partial charge is 0.330 e.